The fraction of sp³-hybridized carbons (Fsp3) is 0.182. The maximum Gasteiger partial charge on any atom is 0.267 e. The van der Waals surface area contributed by atoms with E-state index in [1.54, 1.807) is 11.6 Å². The second kappa shape index (κ2) is 5.28. The number of aryl methyl sites for hydroxylation is 1. The van der Waals surface area contributed by atoms with Gasteiger partial charge in [-0.05, 0) is 6.92 Å². The zero-order chi connectivity index (χ0) is 15.8. The lowest BCUT2D eigenvalue weighted by atomic mass is 10.3. The number of nitrogens with two attached hydrogens (primary N) is 1. The van der Waals surface area contributed by atoms with Crippen molar-refractivity contribution in [2.24, 2.45) is 0 Å². The van der Waals surface area contributed by atoms with E-state index in [0.29, 0.717) is 12.6 Å². The lowest BCUT2D eigenvalue weighted by Gasteiger charge is -2.08. The average molecular weight is 320 g/mol. The number of aromatic nitrogens is 2. The smallest absolute Gasteiger partial charge is 0.267 e. The first-order valence-electron chi connectivity index (χ1n) is 5.75. The molecule has 3 N–H and O–H groups in total. The van der Waals surface area contributed by atoms with E-state index in [1.165, 1.54) is 4.68 Å². The van der Waals surface area contributed by atoms with Crippen LogP contribution in [-0.2, 0) is 16.6 Å². The molecule has 0 aliphatic heterocycles. The Balaban J connectivity index is 2.42. The van der Waals surface area contributed by atoms with Gasteiger partial charge in [0.05, 0.1) is 5.69 Å². The van der Waals surface area contributed by atoms with Gasteiger partial charge in [0, 0.05) is 24.9 Å². The lowest BCUT2D eigenvalue weighted by Crippen LogP contribution is -2.15. The van der Waals surface area contributed by atoms with Crippen molar-refractivity contribution in [1.29, 1.82) is 0 Å². The maximum absolute atomic E-state index is 13.5. The average Bonchev–Trinajstić information content (AvgIpc) is 2.78. The molecule has 1 aromatic carbocycles. The summed E-state index contributed by atoms with van der Waals surface area (Å²) in [7, 11) is -4.27. The molecule has 0 radical (unpaired) electrons. The van der Waals surface area contributed by atoms with Gasteiger partial charge in [-0.1, -0.05) is 0 Å². The summed E-state index contributed by atoms with van der Waals surface area (Å²) in [5, 5.41) is 3.74. The molecule has 0 unspecified atom stereocenters. The van der Waals surface area contributed by atoms with Crippen molar-refractivity contribution in [1.82, 2.24) is 9.78 Å². The van der Waals surface area contributed by atoms with E-state index in [1.807, 2.05) is 0 Å². The largest absolute Gasteiger partial charge is 0.381 e. The minimum absolute atomic E-state index is 0.242. The van der Waals surface area contributed by atoms with Crippen molar-refractivity contribution in [3.63, 3.8) is 0 Å². The third-order valence-corrected chi connectivity index (χ3v) is 4.00. The first-order chi connectivity index (χ1) is 9.74. The van der Waals surface area contributed by atoms with Crippen molar-refractivity contribution in [3.8, 4) is 0 Å². The zero-order valence-corrected chi connectivity index (χ0v) is 11.6. The molecular weight excluding hydrogens is 309 g/mol. The van der Waals surface area contributed by atoms with Crippen molar-refractivity contribution < 1.29 is 21.6 Å². The van der Waals surface area contributed by atoms with E-state index >= 15 is 0 Å². The molecule has 114 valence electrons. The van der Waals surface area contributed by atoms with Crippen LogP contribution >= 0.6 is 0 Å². The minimum atomic E-state index is -4.27. The Kier molecular flexibility index (Phi) is 3.81. The van der Waals surface area contributed by atoms with Gasteiger partial charge in [-0.3, -0.25) is 9.40 Å². The van der Waals surface area contributed by atoms with Crippen LogP contribution in [0.5, 0.6) is 0 Å². The number of hydrogen-bond acceptors (Lipinski definition) is 4. The molecule has 0 bridgehead atoms. The van der Waals surface area contributed by atoms with E-state index in [2.05, 4.69) is 5.10 Å². The van der Waals surface area contributed by atoms with Crippen LogP contribution in [0.4, 0.5) is 24.7 Å². The molecular formula is C11H11F3N4O2S. The van der Waals surface area contributed by atoms with Gasteiger partial charge < -0.3 is 5.73 Å². The first-order valence-corrected chi connectivity index (χ1v) is 7.23. The highest BCUT2D eigenvalue weighted by Gasteiger charge is 2.23. The van der Waals surface area contributed by atoms with Crippen LogP contribution in [0.15, 0.2) is 23.2 Å². The topological polar surface area (TPSA) is 90.0 Å². The first kappa shape index (κ1) is 15.2. The van der Waals surface area contributed by atoms with Gasteiger partial charge in [0.15, 0.2) is 17.5 Å². The van der Waals surface area contributed by atoms with E-state index < -0.39 is 33.2 Å². The summed E-state index contributed by atoms with van der Waals surface area (Å²) in [4.78, 5) is -0.381. The zero-order valence-electron chi connectivity index (χ0n) is 10.8. The highest BCUT2D eigenvalue weighted by molar-refractivity contribution is 7.92. The van der Waals surface area contributed by atoms with Gasteiger partial charge in [0.25, 0.3) is 10.0 Å². The molecule has 1 aromatic heterocycles. The number of nitrogens with zero attached hydrogens (tertiary/aromatic N) is 2. The van der Waals surface area contributed by atoms with Crippen LogP contribution in [-0.4, -0.2) is 18.2 Å². The number of sulfonamides is 1. The number of rotatable bonds is 4. The Morgan fingerprint density at radius 1 is 1.24 bits per heavy atom. The number of anilines is 2. The van der Waals surface area contributed by atoms with E-state index in [0.717, 1.165) is 6.20 Å². The summed E-state index contributed by atoms with van der Waals surface area (Å²) in [6, 6.07) is 0.647. The summed E-state index contributed by atoms with van der Waals surface area (Å²) in [5.41, 5.74) is 4.75. The van der Waals surface area contributed by atoms with Gasteiger partial charge in [0.1, 0.15) is 10.7 Å². The lowest BCUT2D eigenvalue weighted by molar-refractivity contribution is 0.496. The molecule has 2 aromatic rings. The Morgan fingerprint density at radius 2 is 1.86 bits per heavy atom. The number of nitrogens with one attached hydrogen (secondary N) is 1. The standard InChI is InChI=1S/C11H11F3N4O2S/c1-2-18-5-10(11(15)16-18)21(19,20)17-9-4-7(13)6(12)3-8(9)14/h3-5,17H,2H2,1H3,(H2,15,16). The van der Waals surface area contributed by atoms with Crippen molar-refractivity contribution in [2.75, 3.05) is 10.5 Å². The molecule has 0 atom stereocenters. The molecule has 6 nitrogen and oxygen atoms in total. The normalized spacial score (nSPS) is 11.6. The second-order valence-electron chi connectivity index (χ2n) is 4.09. The van der Waals surface area contributed by atoms with Crippen LogP contribution in [0.1, 0.15) is 6.92 Å². The van der Waals surface area contributed by atoms with Gasteiger partial charge in [-0.25, -0.2) is 21.6 Å². The summed E-state index contributed by atoms with van der Waals surface area (Å²) in [6.07, 6.45) is 1.15. The third-order valence-electron chi connectivity index (χ3n) is 2.62. The number of halogens is 3. The molecule has 21 heavy (non-hydrogen) atoms. The third kappa shape index (κ3) is 2.94. The summed E-state index contributed by atoms with van der Waals surface area (Å²) >= 11 is 0. The van der Waals surface area contributed by atoms with Crippen LogP contribution in [0.3, 0.4) is 0 Å². The Labute approximate surface area is 118 Å². The van der Waals surface area contributed by atoms with E-state index in [-0.39, 0.29) is 16.8 Å². The predicted molar refractivity (Wildman–Crippen MR) is 69.4 cm³/mol. The Bertz CT molecular complexity index is 789. The molecule has 1 heterocycles. The fourth-order valence-corrected chi connectivity index (χ4v) is 2.72. The van der Waals surface area contributed by atoms with Crippen LogP contribution in [0, 0.1) is 17.5 Å². The number of benzene rings is 1. The van der Waals surface area contributed by atoms with Gasteiger partial charge in [0.2, 0.25) is 0 Å². The Morgan fingerprint density at radius 3 is 2.43 bits per heavy atom. The molecule has 0 amide bonds. The molecule has 0 saturated heterocycles. The Hall–Kier alpha value is -2.23. The van der Waals surface area contributed by atoms with E-state index in [9.17, 15) is 21.6 Å². The molecule has 0 fully saturated rings. The molecule has 0 saturated carbocycles. The van der Waals surface area contributed by atoms with Crippen LogP contribution in [0.25, 0.3) is 0 Å². The van der Waals surface area contributed by atoms with Gasteiger partial charge in [-0.2, -0.15) is 5.10 Å². The monoisotopic (exact) mass is 320 g/mol. The molecule has 10 heteroatoms. The molecule has 0 aliphatic rings. The van der Waals surface area contributed by atoms with Gasteiger partial charge >= 0.3 is 0 Å². The maximum atomic E-state index is 13.5. The van der Waals surface area contributed by atoms with Crippen molar-refractivity contribution in [3.05, 3.63) is 35.8 Å². The number of nitrogen functional groups attached to an aromatic ring is 1. The highest BCUT2D eigenvalue weighted by atomic mass is 32.2. The SMILES string of the molecule is CCn1cc(S(=O)(=O)Nc2cc(F)c(F)cc2F)c(N)n1. The molecule has 0 spiro atoms. The summed E-state index contributed by atoms with van der Waals surface area (Å²) in [6.45, 7) is 2.09. The summed E-state index contributed by atoms with van der Waals surface area (Å²) in [5.74, 6) is -4.34. The predicted octanol–water partition coefficient (Wildman–Crippen LogP) is 1.70. The number of hydrogen-bond donors (Lipinski definition) is 2. The van der Waals surface area contributed by atoms with Crippen molar-refractivity contribution >= 4 is 21.5 Å². The quantitative estimate of drug-likeness (QED) is 0.839. The second-order valence-corrected chi connectivity index (χ2v) is 5.74. The summed E-state index contributed by atoms with van der Waals surface area (Å²) < 4.78 is 66.5. The van der Waals surface area contributed by atoms with E-state index in [4.69, 9.17) is 5.73 Å². The fourth-order valence-electron chi connectivity index (χ4n) is 1.59. The van der Waals surface area contributed by atoms with Gasteiger partial charge in [-0.15, -0.1) is 0 Å². The van der Waals surface area contributed by atoms with Crippen LogP contribution < -0.4 is 10.5 Å². The van der Waals surface area contributed by atoms with Crippen LogP contribution in [0.2, 0.25) is 0 Å². The van der Waals surface area contributed by atoms with Crippen molar-refractivity contribution in [2.45, 2.75) is 18.4 Å². The minimum Gasteiger partial charge on any atom is -0.381 e. The molecule has 2 rings (SSSR count). The highest BCUT2D eigenvalue weighted by Crippen LogP contribution is 2.24. The molecule has 0 aliphatic carbocycles.